The molecule has 4 aromatic rings. The van der Waals surface area contributed by atoms with Crippen LogP contribution < -0.4 is 21.4 Å². The van der Waals surface area contributed by atoms with Crippen LogP contribution in [0.3, 0.4) is 0 Å². The lowest BCUT2D eigenvalue weighted by Gasteiger charge is -2.43. The molecule has 1 aliphatic heterocycles. The Balaban J connectivity index is 1.41. The molecule has 2 aromatic carbocycles. The number of nitrogen functional groups attached to an aromatic ring is 1. The molecule has 2 aromatic heterocycles. The Hall–Kier alpha value is -4.22. The summed E-state index contributed by atoms with van der Waals surface area (Å²) in [4.78, 5) is 19.5. The van der Waals surface area contributed by atoms with Gasteiger partial charge in [0.2, 0.25) is 0 Å². The minimum atomic E-state index is -5.01. The van der Waals surface area contributed by atoms with Crippen LogP contribution in [0.15, 0.2) is 73.2 Å². The number of hydrogen-bond acceptors (Lipinski definition) is 7. The third-order valence-corrected chi connectivity index (χ3v) is 12.9. The van der Waals surface area contributed by atoms with Crippen molar-refractivity contribution in [2.24, 2.45) is 0 Å². The first-order valence-electron chi connectivity index (χ1n) is 14.4. The van der Waals surface area contributed by atoms with E-state index in [1.54, 1.807) is 16.1 Å². The van der Waals surface area contributed by atoms with Crippen LogP contribution in [0.4, 0.5) is 19.0 Å². The summed E-state index contributed by atoms with van der Waals surface area (Å²) in [5, 5.41) is 15.2. The average Bonchev–Trinajstić information content (AvgIpc) is 3.56. The second kappa shape index (κ2) is 12.6. The van der Waals surface area contributed by atoms with Gasteiger partial charge in [-0.05, 0) is 15.4 Å². The molecule has 13 heteroatoms. The zero-order valence-electron chi connectivity index (χ0n) is 25.0. The number of aromatic nitrogens is 3. The maximum absolute atomic E-state index is 12.5. The standard InChI is InChI=1S/C32H34F3N5O4Si/c1-31(2,3)45(22-12-6-4-7-13-22,23-14-8-5-9-15-23)43-19-25-24(41)17-26(44-25)40-18-21(27-28(36)38-20-39-29(27)40)11-10-16-37-30(42)32(33,34)35/h4-9,12-15,18,20,24-26,41H,16-17,19H2,1-3H3,(H,37,42)(H2,36,38,39)/t24-,25+,26+/m0/s1. The maximum atomic E-state index is 12.5. The number of aliphatic hydroxyl groups is 1. The molecule has 4 N–H and O–H groups in total. The molecule has 45 heavy (non-hydrogen) atoms. The van der Waals surface area contributed by atoms with Gasteiger partial charge in [0.25, 0.3) is 8.32 Å². The summed E-state index contributed by atoms with van der Waals surface area (Å²) < 4.78 is 52.6. The highest BCUT2D eigenvalue weighted by Gasteiger charge is 2.51. The largest absolute Gasteiger partial charge is 0.471 e. The number of aliphatic hydroxyl groups excluding tert-OH is 1. The number of rotatable bonds is 7. The van der Waals surface area contributed by atoms with Crippen molar-refractivity contribution >= 4 is 41.4 Å². The lowest BCUT2D eigenvalue weighted by atomic mass is 10.2. The van der Waals surface area contributed by atoms with Gasteiger partial charge in [-0.1, -0.05) is 93.3 Å². The smallest absolute Gasteiger partial charge is 0.405 e. The minimum absolute atomic E-state index is 0.118. The molecule has 0 bridgehead atoms. The number of alkyl halides is 3. The average molecular weight is 638 g/mol. The van der Waals surface area contributed by atoms with Crippen molar-refractivity contribution < 1.29 is 32.2 Å². The van der Waals surface area contributed by atoms with Crippen molar-refractivity contribution in [1.82, 2.24) is 19.9 Å². The van der Waals surface area contributed by atoms with E-state index in [2.05, 4.69) is 66.8 Å². The van der Waals surface area contributed by atoms with Crippen molar-refractivity contribution in [2.75, 3.05) is 18.9 Å². The summed E-state index contributed by atoms with van der Waals surface area (Å²) in [7, 11) is -2.89. The molecule has 0 aliphatic carbocycles. The number of hydrogen-bond donors (Lipinski definition) is 3. The van der Waals surface area contributed by atoms with Gasteiger partial charge in [-0.3, -0.25) is 4.79 Å². The molecule has 1 saturated heterocycles. The number of anilines is 1. The lowest BCUT2D eigenvalue weighted by Crippen LogP contribution is -2.67. The fourth-order valence-electron chi connectivity index (χ4n) is 5.79. The van der Waals surface area contributed by atoms with Gasteiger partial charge in [0.15, 0.2) is 0 Å². The number of ether oxygens (including phenoxy) is 1. The van der Waals surface area contributed by atoms with Crippen LogP contribution in [0.25, 0.3) is 11.0 Å². The van der Waals surface area contributed by atoms with Gasteiger partial charge in [-0.2, -0.15) is 13.2 Å². The van der Waals surface area contributed by atoms with E-state index >= 15 is 0 Å². The summed E-state index contributed by atoms with van der Waals surface area (Å²) in [5.74, 6) is 3.30. The van der Waals surface area contributed by atoms with Crippen molar-refractivity contribution in [3.05, 3.63) is 78.8 Å². The number of amides is 1. The van der Waals surface area contributed by atoms with E-state index in [1.165, 1.54) is 6.33 Å². The monoisotopic (exact) mass is 637 g/mol. The Kier molecular flexibility index (Phi) is 9.04. The van der Waals surface area contributed by atoms with Gasteiger partial charge in [0, 0.05) is 12.6 Å². The second-order valence-electron chi connectivity index (χ2n) is 11.8. The highest BCUT2D eigenvalue weighted by molar-refractivity contribution is 6.99. The summed E-state index contributed by atoms with van der Waals surface area (Å²) >= 11 is 0. The van der Waals surface area contributed by atoms with Crippen molar-refractivity contribution in [1.29, 1.82) is 0 Å². The number of benzene rings is 2. The van der Waals surface area contributed by atoms with Crippen LogP contribution in [0.2, 0.25) is 5.04 Å². The SMILES string of the molecule is CC(C)(C)[Si](OC[C@H]1O[C@@H](n2cc(C#CCNC(=O)C(F)(F)F)c3c(N)ncnc32)C[C@@H]1O)(c1ccccc1)c1ccccc1. The summed E-state index contributed by atoms with van der Waals surface area (Å²) in [6, 6.07) is 20.3. The van der Waals surface area contributed by atoms with Crippen molar-refractivity contribution in [3.63, 3.8) is 0 Å². The molecule has 236 valence electrons. The number of nitrogens with zero attached hydrogens (tertiary/aromatic N) is 3. The Labute approximate surface area is 259 Å². The van der Waals surface area contributed by atoms with E-state index in [0.29, 0.717) is 16.6 Å². The Morgan fingerprint density at radius 1 is 1.11 bits per heavy atom. The third kappa shape index (κ3) is 6.45. The quantitative estimate of drug-likeness (QED) is 0.210. The molecule has 3 heterocycles. The first kappa shape index (κ1) is 32.2. The molecule has 0 saturated carbocycles. The molecule has 0 spiro atoms. The summed E-state index contributed by atoms with van der Waals surface area (Å²) in [5.41, 5.74) is 6.85. The van der Waals surface area contributed by atoms with E-state index in [9.17, 15) is 23.1 Å². The number of nitrogens with one attached hydrogen (secondary N) is 1. The normalized spacial score (nSPS) is 18.9. The molecular weight excluding hydrogens is 603 g/mol. The van der Waals surface area contributed by atoms with Gasteiger partial charge in [-0.25, -0.2) is 9.97 Å². The fourth-order valence-corrected chi connectivity index (χ4v) is 10.4. The zero-order chi connectivity index (χ0) is 32.4. The minimum Gasteiger partial charge on any atom is -0.405 e. The summed E-state index contributed by atoms with van der Waals surface area (Å²) in [6.07, 6.45) is -4.09. The highest BCUT2D eigenvalue weighted by atomic mass is 28.4. The lowest BCUT2D eigenvalue weighted by molar-refractivity contribution is -0.173. The maximum Gasteiger partial charge on any atom is 0.471 e. The Bertz CT molecular complexity index is 1680. The first-order valence-corrected chi connectivity index (χ1v) is 16.3. The van der Waals surface area contributed by atoms with Gasteiger partial charge in [0.05, 0.1) is 30.2 Å². The van der Waals surface area contributed by atoms with E-state index in [1.807, 2.05) is 36.4 Å². The van der Waals surface area contributed by atoms with Crippen LogP contribution in [0.5, 0.6) is 0 Å². The molecule has 0 unspecified atom stereocenters. The van der Waals surface area contributed by atoms with E-state index in [4.69, 9.17) is 14.9 Å². The fraction of sp³-hybridized carbons (Fsp3) is 0.344. The molecular formula is C32H34F3N5O4Si. The van der Waals surface area contributed by atoms with Gasteiger partial charge >= 0.3 is 12.1 Å². The van der Waals surface area contributed by atoms with E-state index in [0.717, 1.165) is 10.4 Å². The van der Waals surface area contributed by atoms with Gasteiger partial charge in [-0.15, -0.1) is 0 Å². The van der Waals surface area contributed by atoms with Crippen LogP contribution >= 0.6 is 0 Å². The number of halogens is 3. The molecule has 5 rings (SSSR count). The molecule has 3 atom stereocenters. The number of fused-ring (bicyclic) bond motifs is 1. The third-order valence-electron chi connectivity index (χ3n) is 7.85. The number of carbonyl (C=O) groups is 1. The van der Waals surface area contributed by atoms with Crippen LogP contribution in [-0.2, 0) is 14.0 Å². The molecule has 0 radical (unpaired) electrons. The van der Waals surface area contributed by atoms with Crippen LogP contribution in [0, 0.1) is 11.8 Å². The highest BCUT2D eigenvalue weighted by Crippen LogP contribution is 2.39. The predicted octanol–water partition coefficient (Wildman–Crippen LogP) is 3.27. The Morgan fingerprint density at radius 3 is 2.31 bits per heavy atom. The van der Waals surface area contributed by atoms with Crippen LogP contribution in [-0.4, -0.2) is 65.4 Å². The second-order valence-corrected chi connectivity index (χ2v) is 16.1. The van der Waals surface area contributed by atoms with E-state index < -0.39 is 45.4 Å². The van der Waals surface area contributed by atoms with E-state index in [-0.39, 0.29) is 23.9 Å². The molecule has 9 nitrogen and oxygen atoms in total. The first-order chi connectivity index (χ1) is 21.3. The van der Waals surface area contributed by atoms with Gasteiger partial charge in [0.1, 0.15) is 30.1 Å². The Morgan fingerprint density at radius 2 is 1.73 bits per heavy atom. The number of carbonyl (C=O) groups excluding carboxylic acids is 1. The molecule has 1 amide bonds. The van der Waals surface area contributed by atoms with Gasteiger partial charge < -0.3 is 29.9 Å². The molecule has 1 fully saturated rings. The van der Waals surface area contributed by atoms with Crippen molar-refractivity contribution in [3.8, 4) is 11.8 Å². The number of nitrogens with two attached hydrogens (primary N) is 1. The van der Waals surface area contributed by atoms with Crippen molar-refractivity contribution in [2.45, 2.75) is 56.8 Å². The predicted molar refractivity (Wildman–Crippen MR) is 166 cm³/mol. The summed E-state index contributed by atoms with van der Waals surface area (Å²) in [6.45, 7) is 6.11. The molecule has 1 aliphatic rings. The topological polar surface area (TPSA) is 125 Å². The van der Waals surface area contributed by atoms with Crippen LogP contribution in [0.1, 0.15) is 39.0 Å². The zero-order valence-corrected chi connectivity index (χ0v) is 26.0.